The van der Waals surface area contributed by atoms with Crippen LogP contribution in [0.5, 0.6) is 0 Å². The first kappa shape index (κ1) is 14.0. The van der Waals surface area contributed by atoms with Gasteiger partial charge in [0.05, 0.1) is 37.1 Å². The molecule has 1 saturated heterocycles. The molecule has 1 aliphatic heterocycles. The van der Waals surface area contributed by atoms with Crippen molar-refractivity contribution in [1.82, 2.24) is 14.7 Å². The van der Waals surface area contributed by atoms with E-state index in [9.17, 15) is 9.90 Å². The van der Waals surface area contributed by atoms with Gasteiger partial charge in [-0.3, -0.25) is 9.48 Å². The number of carbonyl (C=O) groups is 1. The van der Waals surface area contributed by atoms with Crippen LogP contribution in [0.3, 0.4) is 0 Å². The molecule has 1 aromatic rings. The van der Waals surface area contributed by atoms with Gasteiger partial charge < -0.3 is 14.7 Å². The minimum Gasteiger partial charge on any atom is -0.394 e. The number of amides is 1. The smallest absolute Gasteiger partial charge is 0.257 e. The number of aliphatic hydroxyl groups excluding tert-OH is 1. The second-order valence-electron chi connectivity index (χ2n) is 4.80. The van der Waals surface area contributed by atoms with E-state index in [4.69, 9.17) is 4.74 Å². The number of morpholine rings is 1. The van der Waals surface area contributed by atoms with Crippen LogP contribution >= 0.6 is 0 Å². The Morgan fingerprint density at radius 2 is 2.42 bits per heavy atom. The van der Waals surface area contributed by atoms with Gasteiger partial charge in [0.1, 0.15) is 0 Å². The molecule has 0 radical (unpaired) electrons. The molecule has 2 heterocycles. The van der Waals surface area contributed by atoms with Crippen LogP contribution < -0.4 is 0 Å². The fourth-order valence-electron chi connectivity index (χ4n) is 2.30. The lowest BCUT2D eigenvalue weighted by Gasteiger charge is -2.34. The maximum atomic E-state index is 12.5. The normalized spacial score (nSPS) is 19.7. The number of carbonyl (C=O) groups excluding carboxylic acids is 1. The first-order valence-corrected chi connectivity index (χ1v) is 6.71. The van der Waals surface area contributed by atoms with Crippen molar-refractivity contribution in [1.29, 1.82) is 0 Å². The van der Waals surface area contributed by atoms with Gasteiger partial charge in [-0.15, -0.1) is 0 Å². The molecule has 0 aromatic carbocycles. The third kappa shape index (κ3) is 2.96. The second-order valence-corrected chi connectivity index (χ2v) is 4.80. The van der Waals surface area contributed by atoms with Gasteiger partial charge in [0.2, 0.25) is 0 Å². The predicted octanol–water partition coefficient (Wildman–Crippen LogP) is 0.435. The molecule has 1 aromatic heterocycles. The Kier molecular flexibility index (Phi) is 4.55. The Hall–Kier alpha value is -1.40. The van der Waals surface area contributed by atoms with E-state index in [1.165, 1.54) is 0 Å². The van der Waals surface area contributed by atoms with Gasteiger partial charge in [-0.1, -0.05) is 6.92 Å². The summed E-state index contributed by atoms with van der Waals surface area (Å²) in [7, 11) is 0. The molecular weight excluding hydrogens is 246 g/mol. The minimum absolute atomic E-state index is 0.0674. The largest absolute Gasteiger partial charge is 0.394 e. The van der Waals surface area contributed by atoms with Crippen molar-refractivity contribution < 1.29 is 14.6 Å². The molecule has 1 atom stereocenters. The van der Waals surface area contributed by atoms with Crippen LogP contribution in [0.15, 0.2) is 6.20 Å². The number of aromatic nitrogens is 2. The summed E-state index contributed by atoms with van der Waals surface area (Å²) >= 11 is 0. The van der Waals surface area contributed by atoms with Gasteiger partial charge in [-0.25, -0.2) is 0 Å². The van der Waals surface area contributed by atoms with Gasteiger partial charge in [-0.05, 0) is 13.3 Å². The highest BCUT2D eigenvalue weighted by molar-refractivity contribution is 5.95. The minimum atomic E-state index is -0.254. The number of rotatable bonds is 4. The molecule has 1 aliphatic rings. The molecule has 0 aliphatic carbocycles. The quantitative estimate of drug-likeness (QED) is 0.859. The van der Waals surface area contributed by atoms with Crippen molar-refractivity contribution in [2.24, 2.45) is 0 Å². The van der Waals surface area contributed by atoms with Crippen molar-refractivity contribution in [3.8, 4) is 0 Å². The summed E-state index contributed by atoms with van der Waals surface area (Å²) in [6.45, 7) is 6.07. The lowest BCUT2D eigenvalue weighted by molar-refractivity contribution is -0.0184. The average molecular weight is 267 g/mol. The Balaban J connectivity index is 2.17. The van der Waals surface area contributed by atoms with E-state index in [0.717, 1.165) is 18.7 Å². The average Bonchev–Trinajstić information content (AvgIpc) is 2.79. The van der Waals surface area contributed by atoms with E-state index in [0.29, 0.717) is 25.3 Å². The maximum absolute atomic E-state index is 12.5. The first-order chi connectivity index (χ1) is 9.17. The topological polar surface area (TPSA) is 67.6 Å². The highest BCUT2D eigenvalue weighted by Crippen LogP contribution is 2.15. The molecule has 0 bridgehead atoms. The second kappa shape index (κ2) is 6.16. The van der Waals surface area contributed by atoms with Crippen molar-refractivity contribution >= 4 is 5.91 Å². The summed E-state index contributed by atoms with van der Waals surface area (Å²) in [6.07, 6.45) is 2.77. The van der Waals surface area contributed by atoms with Crippen LogP contribution in [-0.2, 0) is 11.3 Å². The molecule has 1 fully saturated rings. The highest BCUT2D eigenvalue weighted by atomic mass is 16.5. The number of nitrogens with zero attached hydrogens (tertiary/aromatic N) is 3. The zero-order valence-corrected chi connectivity index (χ0v) is 11.5. The number of ether oxygens (including phenoxy) is 1. The molecule has 6 nitrogen and oxygen atoms in total. The van der Waals surface area contributed by atoms with Crippen LogP contribution in [0.2, 0.25) is 0 Å². The predicted molar refractivity (Wildman–Crippen MR) is 70.0 cm³/mol. The highest BCUT2D eigenvalue weighted by Gasteiger charge is 2.29. The van der Waals surface area contributed by atoms with Crippen LogP contribution in [-0.4, -0.2) is 58.1 Å². The molecule has 0 spiro atoms. The number of aliphatic hydroxyl groups is 1. The molecule has 1 unspecified atom stereocenters. The number of hydrogen-bond acceptors (Lipinski definition) is 4. The Morgan fingerprint density at radius 1 is 1.63 bits per heavy atom. The van der Waals surface area contributed by atoms with E-state index in [2.05, 4.69) is 12.0 Å². The standard InChI is InChI=1S/C13H21N3O3/c1-3-4-15-7-12(10(2)14-15)13(18)16-5-6-19-9-11(16)8-17/h7,11,17H,3-6,8-9H2,1-2H3. The van der Waals surface area contributed by atoms with Crippen LogP contribution in [0, 0.1) is 6.92 Å². The molecule has 1 N–H and O–H groups in total. The van der Waals surface area contributed by atoms with E-state index < -0.39 is 0 Å². The third-order valence-corrected chi connectivity index (χ3v) is 3.33. The SMILES string of the molecule is CCCn1cc(C(=O)N2CCOCC2CO)c(C)n1. The monoisotopic (exact) mass is 267 g/mol. The van der Waals surface area contributed by atoms with Gasteiger partial charge in [0.25, 0.3) is 5.91 Å². The Labute approximate surface area is 113 Å². The Morgan fingerprint density at radius 3 is 3.11 bits per heavy atom. The summed E-state index contributed by atoms with van der Waals surface area (Å²) in [6, 6.07) is -0.254. The fraction of sp³-hybridized carbons (Fsp3) is 0.692. The molecule has 2 rings (SSSR count). The van der Waals surface area contributed by atoms with E-state index in [-0.39, 0.29) is 18.6 Å². The van der Waals surface area contributed by atoms with Crippen molar-refractivity contribution in [3.63, 3.8) is 0 Å². The van der Waals surface area contributed by atoms with Gasteiger partial charge in [0, 0.05) is 19.3 Å². The summed E-state index contributed by atoms with van der Waals surface area (Å²) < 4.78 is 7.09. The summed E-state index contributed by atoms with van der Waals surface area (Å²) in [5.41, 5.74) is 1.36. The molecule has 19 heavy (non-hydrogen) atoms. The molecule has 1 amide bonds. The van der Waals surface area contributed by atoms with Gasteiger partial charge in [0.15, 0.2) is 0 Å². The van der Waals surface area contributed by atoms with Gasteiger partial charge in [-0.2, -0.15) is 5.10 Å². The molecule has 106 valence electrons. The van der Waals surface area contributed by atoms with Gasteiger partial charge >= 0.3 is 0 Å². The zero-order valence-electron chi connectivity index (χ0n) is 11.5. The van der Waals surface area contributed by atoms with Crippen molar-refractivity contribution in [3.05, 3.63) is 17.5 Å². The van der Waals surface area contributed by atoms with E-state index >= 15 is 0 Å². The zero-order chi connectivity index (χ0) is 13.8. The number of aryl methyl sites for hydroxylation is 2. The van der Waals surface area contributed by atoms with E-state index in [1.807, 2.05) is 6.92 Å². The molecule has 6 heteroatoms. The van der Waals surface area contributed by atoms with Crippen molar-refractivity contribution in [2.75, 3.05) is 26.4 Å². The number of hydrogen-bond donors (Lipinski definition) is 1. The lowest BCUT2D eigenvalue weighted by atomic mass is 10.1. The fourth-order valence-corrected chi connectivity index (χ4v) is 2.30. The first-order valence-electron chi connectivity index (χ1n) is 6.71. The summed E-state index contributed by atoms with van der Waals surface area (Å²) in [5.74, 6) is -0.0674. The van der Waals surface area contributed by atoms with Crippen LogP contribution in [0.4, 0.5) is 0 Å². The van der Waals surface area contributed by atoms with Crippen molar-refractivity contribution in [2.45, 2.75) is 32.9 Å². The third-order valence-electron chi connectivity index (χ3n) is 3.33. The molecule has 0 saturated carbocycles. The maximum Gasteiger partial charge on any atom is 0.257 e. The molecular formula is C13H21N3O3. The van der Waals surface area contributed by atoms with Crippen LogP contribution in [0.1, 0.15) is 29.4 Å². The van der Waals surface area contributed by atoms with E-state index in [1.54, 1.807) is 15.8 Å². The lowest BCUT2D eigenvalue weighted by Crippen LogP contribution is -2.50. The summed E-state index contributed by atoms with van der Waals surface area (Å²) in [5, 5.41) is 13.7. The van der Waals surface area contributed by atoms with Crippen LogP contribution in [0.25, 0.3) is 0 Å². The Bertz CT molecular complexity index is 444. The summed E-state index contributed by atoms with van der Waals surface area (Å²) in [4.78, 5) is 14.2.